The Bertz CT molecular complexity index is 848. The molecule has 0 saturated carbocycles. The van der Waals surface area contributed by atoms with Crippen LogP contribution in [0.15, 0.2) is 78.9 Å². The summed E-state index contributed by atoms with van der Waals surface area (Å²) >= 11 is 0. The summed E-state index contributed by atoms with van der Waals surface area (Å²) in [5.74, 6) is 0.300. The fourth-order valence-corrected chi connectivity index (χ4v) is 2.27. The second kappa shape index (κ2) is 6.92. The molecule has 0 bridgehead atoms. The molecule has 0 amide bonds. The number of ketones is 2. The molecule has 3 aromatic rings. The largest absolute Gasteiger partial charge is 0.457 e. The van der Waals surface area contributed by atoms with Crippen LogP contribution in [0.1, 0.15) is 26.3 Å². The molecular formula is C21H16O3. The zero-order chi connectivity index (χ0) is 16.9. The van der Waals surface area contributed by atoms with E-state index in [-0.39, 0.29) is 0 Å². The number of aryl methyl sites for hydroxylation is 1. The second-order valence-corrected chi connectivity index (χ2v) is 5.46. The van der Waals surface area contributed by atoms with Crippen LogP contribution in [0.2, 0.25) is 0 Å². The lowest BCUT2D eigenvalue weighted by Gasteiger charge is -2.07. The third-order valence-corrected chi connectivity index (χ3v) is 3.62. The molecule has 3 rings (SSSR count). The summed E-state index contributed by atoms with van der Waals surface area (Å²) in [4.78, 5) is 24.4. The zero-order valence-corrected chi connectivity index (χ0v) is 13.2. The molecule has 0 saturated heterocycles. The van der Waals surface area contributed by atoms with Gasteiger partial charge in [-0.05, 0) is 43.3 Å². The lowest BCUT2D eigenvalue weighted by atomic mass is 10.0. The fourth-order valence-electron chi connectivity index (χ4n) is 2.27. The maximum atomic E-state index is 12.3. The predicted molar refractivity (Wildman–Crippen MR) is 92.8 cm³/mol. The molecule has 0 spiro atoms. The Morgan fingerprint density at radius 2 is 1.08 bits per heavy atom. The van der Waals surface area contributed by atoms with Crippen LogP contribution in [0.5, 0.6) is 11.5 Å². The number of hydrogen-bond acceptors (Lipinski definition) is 3. The van der Waals surface area contributed by atoms with Crippen molar-refractivity contribution in [3.05, 3.63) is 95.6 Å². The van der Waals surface area contributed by atoms with Gasteiger partial charge in [0.2, 0.25) is 11.6 Å². The molecule has 118 valence electrons. The van der Waals surface area contributed by atoms with Crippen molar-refractivity contribution in [2.75, 3.05) is 0 Å². The van der Waals surface area contributed by atoms with E-state index in [0.717, 1.165) is 11.3 Å². The van der Waals surface area contributed by atoms with Crippen LogP contribution in [0.25, 0.3) is 0 Å². The predicted octanol–water partition coefficient (Wildman–Crippen LogP) is 4.85. The summed E-state index contributed by atoms with van der Waals surface area (Å²) in [7, 11) is 0. The van der Waals surface area contributed by atoms with Gasteiger partial charge in [-0.3, -0.25) is 9.59 Å². The first kappa shape index (κ1) is 15.7. The van der Waals surface area contributed by atoms with Crippen molar-refractivity contribution < 1.29 is 14.3 Å². The summed E-state index contributed by atoms with van der Waals surface area (Å²) in [5.41, 5.74) is 1.89. The smallest absolute Gasteiger partial charge is 0.233 e. The minimum atomic E-state index is -0.525. The molecule has 0 N–H and O–H groups in total. The maximum Gasteiger partial charge on any atom is 0.233 e. The number of carbonyl (C=O) groups is 2. The highest BCUT2D eigenvalue weighted by molar-refractivity contribution is 6.49. The topological polar surface area (TPSA) is 43.4 Å². The summed E-state index contributed by atoms with van der Waals surface area (Å²) < 4.78 is 5.72. The van der Waals surface area contributed by atoms with Crippen LogP contribution in [0.3, 0.4) is 0 Å². The van der Waals surface area contributed by atoms with E-state index >= 15 is 0 Å². The standard InChI is InChI=1S/C21H16O3/c1-15-7-11-18(12-8-15)24-19-13-9-17(10-14-19)21(23)20(22)16-5-3-2-4-6-16/h2-14H,1H3. The molecule has 0 aliphatic carbocycles. The Kier molecular flexibility index (Phi) is 4.52. The van der Waals surface area contributed by atoms with Crippen LogP contribution >= 0.6 is 0 Å². The highest BCUT2D eigenvalue weighted by Crippen LogP contribution is 2.22. The van der Waals surface area contributed by atoms with E-state index in [1.807, 2.05) is 31.2 Å². The first-order valence-corrected chi connectivity index (χ1v) is 7.62. The molecule has 3 heteroatoms. The van der Waals surface area contributed by atoms with Crippen LogP contribution in [0, 0.1) is 6.92 Å². The summed E-state index contributed by atoms with van der Waals surface area (Å²) in [6.07, 6.45) is 0. The van der Waals surface area contributed by atoms with Gasteiger partial charge in [-0.2, -0.15) is 0 Å². The van der Waals surface area contributed by atoms with Crippen molar-refractivity contribution in [1.82, 2.24) is 0 Å². The Labute approximate surface area is 140 Å². The van der Waals surface area contributed by atoms with Crippen molar-refractivity contribution in [1.29, 1.82) is 0 Å². The molecule has 0 aliphatic rings. The van der Waals surface area contributed by atoms with Gasteiger partial charge in [-0.1, -0.05) is 48.0 Å². The summed E-state index contributed by atoms with van der Waals surface area (Å²) in [5, 5.41) is 0. The normalized spacial score (nSPS) is 10.2. The first-order chi connectivity index (χ1) is 11.6. The van der Waals surface area contributed by atoms with Crippen LogP contribution in [0.4, 0.5) is 0 Å². The van der Waals surface area contributed by atoms with Crippen LogP contribution in [-0.2, 0) is 0 Å². The molecule has 0 heterocycles. The van der Waals surface area contributed by atoms with Gasteiger partial charge in [0.05, 0.1) is 0 Å². The average Bonchev–Trinajstić information content (AvgIpc) is 2.64. The van der Waals surface area contributed by atoms with Crippen molar-refractivity contribution >= 4 is 11.6 Å². The number of hydrogen-bond donors (Lipinski definition) is 0. The molecule has 0 radical (unpaired) electrons. The van der Waals surface area contributed by atoms with Crippen molar-refractivity contribution in [3.63, 3.8) is 0 Å². The van der Waals surface area contributed by atoms with Crippen LogP contribution in [-0.4, -0.2) is 11.6 Å². The SMILES string of the molecule is Cc1ccc(Oc2ccc(C(=O)C(=O)c3ccccc3)cc2)cc1. The summed E-state index contributed by atoms with van der Waals surface area (Å²) in [6.45, 7) is 2.01. The van der Waals surface area contributed by atoms with Gasteiger partial charge >= 0.3 is 0 Å². The maximum absolute atomic E-state index is 12.3. The van der Waals surface area contributed by atoms with Gasteiger partial charge < -0.3 is 4.74 Å². The molecule has 0 aromatic heterocycles. The molecular weight excluding hydrogens is 300 g/mol. The average molecular weight is 316 g/mol. The Morgan fingerprint density at radius 1 is 0.625 bits per heavy atom. The monoisotopic (exact) mass is 316 g/mol. The second-order valence-electron chi connectivity index (χ2n) is 5.46. The van der Waals surface area contributed by atoms with E-state index in [9.17, 15) is 9.59 Å². The van der Waals surface area contributed by atoms with Crippen molar-refractivity contribution in [2.24, 2.45) is 0 Å². The lowest BCUT2D eigenvalue weighted by molar-refractivity contribution is 0.0817. The first-order valence-electron chi connectivity index (χ1n) is 7.62. The quantitative estimate of drug-likeness (QED) is 0.499. The number of benzene rings is 3. The van der Waals surface area contributed by atoms with Gasteiger partial charge in [0.25, 0.3) is 0 Å². The molecule has 3 nitrogen and oxygen atoms in total. The highest BCUT2D eigenvalue weighted by atomic mass is 16.5. The van der Waals surface area contributed by atoms with Crippen molar-refractivity contribution in [2.45, 2.75) is 6.92 Å². The Hall–Kier alpha value is -3.20. The minimum Gasteiger partial charge on any atom is -0.457 e. The molecule has 0 fully saturated rings. The van der Waals surface area contributed by atoms with Gasteiger partial charge in [0, 0.05) is 11.1 Å². The van der Waals surface area contributed by atoms with Crippen LogP contribution < -0.4 is 4.74 Å². The minimum absolute atomic E-state index is 0.347. The lowest BCUT2D eigenvalue weighted by Crippen LogP contribution is -2.14. The van der Waals surface area contributed by atoms with E-state index in [1.54, 1.807) is 54.6 Å². The van der Waals surface area contributed by atoms with E-state index < -0.39 is 11.6 Å². The molecule has 0 atom stereocenters. The molecule has 24 heavy (non-hydrogen) atoms. The fraction of sp³-hybridized carbons (Fsp3) is 0.0476. The number of carbonyl (C=O) groups excluding carboxylic acids is 2. The summed E-state index contributed by atoms with van der Waals surface area (Å²) in [6, 6.07) is 22.8. The number of Topliss-reactive ketones (excluding diaryl/α,β-unsaturated/α-hetero) is 2. The number of ether oxygens (including phenoxy) is 1. The highest BCUT2D eigenvalue weighted by Gasteiger charge is 2.17. The van der Waals surface area contributed by atoms with E-state index in [4.69, 9.17) is 4.74 Å². The number of rotatable bonds is 5. The molecule has 0 aliphatic heterocycles. The van der Waals surface area contributed by atoms with Gasteiger partial charge in [0.15, 0.2) is 0 Å². The van der Waals surface area contributed by atoms with Crippen molar-refractivity contribution in [3.8, 4) is 11.5 Å². The third kappa shape index (κ3) is 3.58. The van der Waals surface area contributed by atoms with E-state index in [2.05, 4.69) is 0 Å². The van der Waals surface area contributed by atoms with Gasteiger partial charge in [-0.15, -0.1) is 0 Å². The van der Waals surface area contributed by atoms with Gasteiger partial charge in [-0.25, -0.2) is 0 Å². The Balaban J connectivity index is 1.73. The van der Waals surface area contributed by atoms with E-state index in [1.165, 1.54) is 0 Å². The molecule has 0 unspecified atom stereocenters. The Morgan fingerprint density at radius 3 is 1.62 bits per heavy atom. The van der Waals surface area contributed by atoms with E-state index in [0.29, 0.717) is 16.9 Å². The third-order valence-electron chi connectivity index (χ3n) is 3.62. The molecule has 3 aromatic carbocycles. The van der Waals surface area contributed by atoms with Gasteiger partial charge in [0.1, 0.15) is 11.5 Å². The zero-order valence-electron chi connectivity index (χ0n) is 13.2.